The Hall–Kier alpha value is -2.07. The minimum absolute atomic E-state index is 0.306. The number of esters is 1. The van der Waals surface area contributed by atoms with E-state index in [-0.39, 0.29) is 0 Å². The van der Waals surface area contributed by atoms with Crippen LogP contribution in [-0.2, 0) is 16.6 Å². The van der Waals surface area contributed by atoms with E-state index in [1.54, 1.807) is 20.8 Å². The molecule has 0 aromatic carbocycles. The van der Waals surface area contributed by atoms with Gasteiger partial charge in [0.15, 0.2) is 15.7 Å². The summed E-state index contributed by atoms with van der Waals surface area (Å²) in [6.07, 6.45) is 1.82. The molecule has 2 aromatic rings. The third-order valence-corrected chi connectivity index (χ3v) is 5.13. The first-order chi connectivity index (χ1) is 11.5. The summed E-state index contributed by atoms with van der Waals surface area (Å²) in [4.78, 5) is 40.7. The predicted molar refractivity (Wildman–Crippen MR) is 96.5 cm³/mol. The summed E-state index contributed by atoms with van der Waals surface area (Å²) in [5.74, 6) is -1.91. The highest BCUT2D eigenvalue weighted by Gasteiger charge is 2.25. The zero-order valence-electron chi connectivity index (χ0n) is 14.5. The lowest BCUT2D eigenvalue weighted by atomic mass is 10.2. The molecule has 0 bridgehead atoms. The van der Waals surface area contributed by atoms with E-state index in [0.29, 0.717) is 14.7 Å². The van der Waals surface area contributed by atoms with Gasteiger partial charge in [0.25, 0.3) is 11.5 Å². The number of hydrogen-bond acceptors (Lipinski definition) is 8. The molecule has 8 nitrogen and oxygen atoms in total. The van der Waals surface area contributed by atoms with Crippen LogP contribution in [0, 0.1) is 0 Å². The first-order valence-corrected chi connectivity index (χ1v) is 9.35. The molecule has 1 amide bonds. The topological polar surface area (TPSA) is 111 Å². The molecule has 0 aliphatic heterocycles. The first-order valence-electron chi connectivity index (χ1n) is 7.31. The molecule has 25 heavy (non-hydrogen) atoms. The molecule has 0 saturated heterocycles. The second-order valence-electron chi connectivity index (χ2n) is 6.19. The highest BCUT2D eigenvalue weighted by Crippen LogP contribution is 2.34. The summed E-state index contributed by atoms with van der Waals surface area (Å²) < 4.78 is 7.29. The lowest BCUT2D eigenvalue weighted by Crippen LogP contribution is -2.37. The molecule has 10 heteroatoms. The van der Waals surface area contributed by atoms with Crippen LogP contribution in [0.15, 0.2) is 9.13 Å². The highest BCUT2D eigenvalue weighted by molar-refractivity contribution is 8.00. The van der Waals surface area contributed by atoms with Gasteiger partial charge >= 0.3 is 5.97 Å². The van der Waals surface area contributed by atoms with Crippen LogP contribution in [0.3, 0.4) is 0 Å². The molecule has 2 rings (SSSR count). The monoisotopic (exact) mass is 385 g/mol. The van der Waals surface area contributed by atoms with Gasteiger partial charge in [-0.25, -0.2) is 4.98 Å². The van der Waals surface area contributed by atoms with E-state index < -0.39 is 40.9 Å². The number of pyridine rings is 1. The molecule has 136 valence electrons. The fourth-order valence-corrected chi connectivity index (χ4v) is 3.60. The Bertz CT molecular complexity index is 895. The molecule has 0 spiro atoms. The van der Waals surface area contributed by atoms with Gasteiger partial charge in [-0.05, 0) is 27.0 Å². The quantitative estimate of drug-likeness (QED) is 0.606. The van der Waals surface area contributed by atoms with Crippen LogP contribution < -0.4 is 10.9 Å². The molecule has 2 heterocycles. The number of carbonyl (C=O) groups excluding carboxylic acids is 2. The van der Waals surface area contributed by atoms with E-state index in [1.165, 1.54) is 34.7 Å². The number of amides is 1. The van der Waals surface area contributed by atoms with Crippen LogP contribution >= 0.6 is 23.1 Å². The Morgan fingerprint density at radius 3 is 2.60 bits per heavy atom. The van der Waals surface area contributed by atoms with Crippen molar-refractivity contribution >= 4 is 45.3 Å². The number of rotatable bonds is 4. The first kappa shape index (κ1) is 19.3. The Morgan fingerprint density at radius 2 is 2.04 bits per heavy atom. The van der Waals surface area contributed by atoms with E-state index >= 15 is 0 Å². The van der Waals surface area contributed by atoms with E-state index in [0.717, 1.165) is 0 Å². The van der Waals surface area contributed by atoms with Gasteiger partial charge in [-0.1, -0.05) is 11.8 Å². The van der Waals surface area contributed by atoms with Crippen LogP contribution in [0.25, 0.3) is 10.3 Å². The molecule has 0 unspecified atom stereocenters. The van der Waals surface area contributed by atoms with Gasteiger partial charge < -0.3 is 15.2 Å². The smallest absolute Gasteiger partial charge is 0.325 e. The lowest BCUT2D eigenvalue weighted by Gasteiger charge is -2.19. The molecule has 0 atom stereocenters. The minimum atomic E-state index is -0.843. The van der Waals surface area contributed by atoms with Crippen LogP contribution in [0.5, 0.6) is 5.75 Å². The molecule has 2 N–H and O–H groups in total. The van der Waals surface area contributed by atoms with Crippen molar-refractivity contribution in [1.82, 2.24) is 14.9 Å². The van der Waals surface area contributed by atoms with Crippen molar-refractivity contribution in [3.05, 3.63) is 15.9 Å². The van der Waals surface area contributed by atoms with Crippen molar-refractivity contribution < 1.29 is 19.4 Å². The third-order valence-electron chi connectivity index (χ3n) is 3.09. The van der Waals surface area contributed by atoms with Crippen molar-refractivity contribution in [1.29, 1.82) is 0 Å². The summed E-state index contributed by atoms with van der Waals surface area (Å²) in [6.45, 7) is 4.70. The molecule has 0 aliphatic rings. The molecule has 0 saturated carbocycles. The van der Waals surface area contributed by atoms with Crippen LogP contribution in [0.1, 0.15) is 31.1 Å². The molecule has 0 aliphatic carbocycles. The normalized spacial score (nSPS) is 11.6. The summed E-state index contributed by atoms with van der Waals surface area (Å²) >= 11 is 2.55. The molecular weight excluding hydrogens is 366 g/mol. The second-order valence-corrected chi connectivity index (χ2v) is 8.25. The largest absolute Gasteiger partial charge is 0.505 e. The SMILES string of the molecule is CSc1nc2c(s1)c(O)c(C(=O)NCC(=O)OC(C)(C)C)c(=O)n2C. The Kier molecular flexibility index (Phi) is 5.43. The van der Waals surface area contributed by atoms with Crippen molar-refractivity contribution in [3.63, 3.8) is 0 Å². The number of fused-ring (bicyclic) bond motifs is 1. The van der Waals surface area contributed by atoms with Gasteiger partial charge in [-0.2, -0.15) is 0 Å². The number of nitrogens with one attached hydrogen (secondary N) is 1. The second kappa shape index (κ2) is 7.04. The molecule has 0 radical (unpaired) electrons. The van der Waals surface area contributed by atoms with Crippen molar-refractivity contribution in [2.45, 2.75) is 30.7 Å². The van der Waals surface area contributed by atoms with Gasteiger partial charge in [-0.15, -0.1) is 11.3 Å². The fraction of sp³-hybridized carbons (Fsp3) is 0.467. The standard InChI is InChI=1S/C15H19N3O5S2/c1-15(2,3)23-7(19)6-16-12(21)8-9(20)10-11(18(4)13(8)22)17-14(24-5)25-10/h20H,6H2,1-5H3,(H,16,21). The fourth-order valence-electron chi connectivity index (χ4n) is 2.06. The van der Waals surface area contributed by atoms with Crippen molar-refractivity contribution in [2.75, 3.05) is 12.8 Å². The maximum atomic E-state index is 12.4. The highest BCUT2D eigenvalue weighted by atomic mass is 32.2. The minimum Gasteiger partial charge on any atom is -0.505 e. The van der Waals surface area contributed by atoms with Gasteiger partial charge in [0.2, 0.25) is 0 Å². The number of aryl methyl sites for hydroxylation is 1. The third kappa shape index (κ3) is 4.13. The summed E-state index contributed by atoms with van der Waals surface area (Å²) in [5, 5.41) is 12.7. The molecule has 2 aromatic heterocycles. The lowest BCUT2D eigenvalue weighted by molar-refractivity contribution is -0.153. The number of ether oxygens (including phenoxy) is 1. The summed E-state index contributed by atoms with van der Waals surface area (Å²) in [6, 6.07) is 0. The van der Waals surface area contributed by atoms with E-state index in [4.69, 9.17) is 4.74 Å². The number of aromatic nitrogens is 2. The van der Waals surface area contributed by atoms with Crippen molar-refractivity contribution in [2.24, 2.45) is 7.05 Å². The molecule has 0 fully saturated rings. The Morgan fingerprint density at radius 1 is 1.40 bits per heavy atom. The zero-order valence-corrected chi connectivity index (χ0v) is 16.1. The van der Waals surface area contributed by atoms with Gasteiger partial charge in [0.05, 0.1) is 0 Å². The average Bonchev–Trinajstić information content (AvgIpc) is 2.94. The van der Waals surface area contributed by atoms with Crippen molar-refractivity contribution in [3.8, 4) is 5.75 Å². The predicted octanol–water partition coefficient (Wildman–Crippen LogP) is 1.49. The number of aromatic hydroxyl groups is 1. The average molecular weight is 385 g/mol. The van der Waals surface area contributed by atoms with Gasteiger partial charge in [0.1, 0.15) is 22.4 Å². The van der Waals surface area contributed by atoms with E-state index in [2.05, 4.69) is 10.3 Å². The Labute approximate surface area is 152 Å². The van der Waals surface area contributed by atoms with Crippen LogP contribution in [0.2, 0.25) is 0 Å². The number of thioether (sulfide) groups is 1. The number of hydrogen-bond donors (Lipinski definition) is 2. The summed E-state index contributed by atoms with van der Waals surface area (Å²) in [5.41, 5.74) is -1.49. The number of nitrogens with zero attached hydrogens (tertiary/aromatic N) is 2. The maximum absolute atomic E-state index is 12.4. The van der Waals surface area contributed by atoms with Crippen LogP contribution in [-0.4, -0.2) is 44.9 Å². The van der Waals surface area contributed by atoms with Gasteiger partial charge in [0, 0.05) is 7.05 Å². The Balaban J connectivity index is 2.32. The van der Waals surface area contributed by atoms with Gasteiger partial charge in [-0.3, -0.25) is 19.0 Å². The number of carbonyl (C=O) groups is 2. The zero-order chi connectivity index (χ0) is 18.9. The van der Waals surface area contributed by atoms with Crippen LogP contribution in [0.4, 0.5) is 0 Å². The number of thiazole rings is 1. The van der Waals surface area contributed by atoms with E-state index in [1.807, 2.05) is 6.26 Å². The maximum Gasteiger partial charge on any atom is 0.325 e. The summed E-state index contributed by atoms with van der Waals surface area (Å²) in [7, 11) is 1.47. The molecular formula is C15H19N3O5S2. The van der Waals surface area contributed by atoms with E-state index in [9.17, 15) is 19.5 Å².